The molecule has 1 aromatic carbocycles. The maximum Gasteiger partial charge on any atom is 0.0454 e. The van der Waals surface area contributed by atoms with Crippen LogP contribution in [0.15, 0.2) is 30.5 Å². The molecule has 0 aliphatic heterocycles. The zero-order valence-corrected chi connectivity index (χ0v) is 8.97. The first kappa shape index (κ1) is 11.1. The van der Waals surface area contributed by atoms with Crippen molar-refractivity contribution in [3.05, 3.63) is 36.0 Å². The number of nitrogens with one attached hydrogen (secondary N) is 1. The van der Waals surface area contributed by atoms with Crippen LogP contribution in [0.3, 0.4) is 0 Å². The summed E-state index contributed by atoms with van der Waals surface area (Å²) >= 11 is 0. The fraction of sp³-hybridized carbons (Fsp3) is 0.273. The number of nitrogens with two attached hydrogens (primary N) is 1. The van der Waals surface area contributed by atoms with Crippen LogP contribution in [0.2, 0.25) is 0 Å². The number of fused-ring (bicyclic) bond motifs is 1. The van der Waals surface area contributed by atoms with Crippen LogP contribution in [-0.4, -0.2) is 4.98 Å². The molecule has 0 saturated carbocycles. The monoisotopic (exact) mass is 210 g/mol. The molecule has 0 aliphatic carbocycles. The van der Waals surface area contributed by atoms with E-state index in [1.165, 1.54) is 16.5 Å². The SMILES string of the molecule is CC[C@@H](N)c1ccc2[nH]ccc2c1.Cl. The van der Waals surface area contributed by atoms with Gasteiger partial charge in [-0.2, -0.15) is 0 Å². The second-order valence-electron chi connectivity index (χ2n) is 3.34. The largest absolute Gasteiger partial charge is 0.361 e. The average molecular weight is 211 g/mol. The number of aromatic nitrogens is 1. The molecule has 1 heterocycles. The molecule has 3 N–H and O–H groups in total. The van der Waals surface area contributed by atoms with Crippen LogP contribution in [-0.2, 0) is 0 Å². The minimum atomic E-state index is 0. The number of halogens is 1. The molecule has 0 amide bonds. The smallest absolute Gasteiger partial charge is 0.0454 e. The molecule has 76 valence electrons. The van der Waals surface area contributed by atoms with Gasteiger partial charge in [-0.3, -0.25) is 0 Å². The van der Waals surface area contributed by atoms with E-state index in [-0.39, 0.29) is 18.4 Å². The molecule has 2 rings (SSSR count). The van der Waals surface area contributed by atoms with Gasteiger partial charge in [0.1, 0.15) is 0 Å². The fourth-order valence-corrected chi connectivity index (χ4v) is 1.54. The van der Waals surface area contributed by atoms with E-state index < -0.39 is 0 Å². The third-order valence-corrected chi connectivity index (χ3v) is 2.45. The maximum absolute atomic E-state index is 5.94. The van der Waals surface area contributed by atoms with Crippen molar-refractivity contribution in [2.24, 2.45) is 5.73 Å². The summed E-state index contributed by atoms with van der Waals surface area (Å²) in [6.45, 7) is 2.10. The highest BCUT2D eigenvalue weighted by Crippen LogP contribution is 2.19. The van der Waals surface area contributed by atoms with Gasteiger partial charge in [-0.15, -0.1) is 12.4 Å². The van der Waals surface area contributed by atoms with E-state index in [1.807, 2.05) is 6.20 Å². The summed E-state index contributed by atoms with van der Waals surface area (Å²) in [5, 5.41) is 1.24. The Morgan fingerprint density at radius 2 is 2.14 bits per heavy atom. The lowest BCUT2D eigenvalue weighted by atomic mass is 10.0. The Bertz CT molecular complexity index is 408. The van der Waals surface area contributed by atoms with Crippen LogP contribution in [0.5, 0.6) is 0 Å². The van der Waals surface area contributed by atoms with Crippen molar-refractivity contribution < 1.29 is 0 Å². The van der Waals surface area contributed by atoms with Gasteiger partial charge >= 0.3 is 0 Å². The highest BCUT2D eigenvalue weighted by molar-refractivity contribution is 5.85. The summed E-state index contributed by atoms with van der Waals surface area (Å²) in [6, 6.07) is 8.56. The minimum Gasteiger partial charge on any atom is -0.361 e. The number of H-pyrrole nitrogens is 1. The number of hydrogen-bond donors (Lipinski definition) is 2. The van der Waals surface area contributed by atoms with Crippen LogP contribution in [0.4, 0.5) is 0 Å². The Balaban J connectivity index is 0.000000980. The summed E-state index contributed by atoms with van der Waals surface area (Å²) in [7, 11) is 0. The van der Waals surface area contributed by atoms with Crippen LogP contribution < -0.4 is 5.73 Å². The number of aromatic amines is 1. The molecular weight excluding hydrogens is 196 g/mol. The third kappa shape index (κ3) is 1.91. The van der Waals surface area contributed by atoms with E-state index in [0.717, 1.165) is 6.42 Å². The Morgan fingerprint density at radius 1 is 1.36 bits per heavy atom. The maximum atomic E-state index is 5.94. The zero-order valence-electron chi connectivity index (χ0n) is 8.16. The standard InChI is InChI=1S/C11H14N2.ClH/c1-2-10(12)8-3-4-11-9(7-8)5-6-13-11;/h3-7,10,13H,2,12H2,1H3;1H/t10-;/m1./s1. The van der Waals surface area contributed by atoms with Crippen LogP contribution in [0, 0.1) is 0 Å². The second-order valence-corrected chi connectivity index (χ2v) is 3.34. The first-order valence-electron chi connectivity index (χ1n) is 4.64. The van der Waals surface area contributed by atoms with Crippen molar-refractivity contribution in [2.75, 3.05) is 0 Å². The van der Waals surface area contributed by atoms with Crippen molar-refractivity contribution in [2.45, 2.75) is 19.4 Å². The molecular formula is C11H15ClN2. The van der Waals surface area contributed by atoms with Gasteiger partial charge in [0.15, 0.2) is 0 Å². The lowest BCUT2D eigenvalue weighted by Gasteiger charge is -2.08. The van der Waals surface area contributed by atoms with E-state index in [1.54, 1.807) is 0 Å². The first-order chi connectivity index (χ1) is 6.31. The van der Waals surface area contributed by atoms with Crippen molar-refractivity contribution in [1.29, 1.82) is 0 Å². The molecule has 3 heteroatoms. The Hall–Kier alpha value is -0.990. The molecule has 2 nitrogen and oxygen atoms in total. The lowest BCUT2D eigenvalue weighted by molar-refractivity contribution is 0.700. The van der Waals surface area contributed by atoms with Crippen molar-refractivity contribution >= 4 is 23.3 Å². The predicted molar refractivity (Wildman–Crippen MR) is 62.8 cm³/mol. The van der Waals surface area contributed by atoms with E-state index >= 15 is 0 Å². The predicted octanol–water partition coefficient (Wildman–Crippen LogP) is 3.00. The number of benzene rings is 1. The summed E-state index contributed by atoms with van der Waals surface area (Å²) in [4.78, 5) is 3.16. The van der Waals surface area contributed by atoms with Crippen LogP contribution in [0.1, 0.15) is 24.9 Å². The molecule has 0 bridgehead atoms. The summed E-state index contributed by atoms with van der Waals surface area (Å²) in [6.07, 6.45) is 2.93. The second kappa shape index (κ2) is 4.49. The minimum absolute atomic E-state index is 0. The van der Waals surface area contributed by atoms with E-state index in [9.17, 15) is 0 Å². The number of hydrogen-bond acceptors (Lipinski definition) is 1. The Labute approximate surface area is 89.9 Å². The lowest BCUT2D eigenvalue weighted by Crippen LogP contribution is -2.07. The van der Waals surface area contributed by atoms with Gasteiger partial charge in [-0.1, -0.05) is 13.0 Å². The molecule has 2 aromatic rings. The zero-order chi connectivity index (χ0) is 9.26. The van der Waals surface area contributed by atoms with Gasteiger partial charge in [-0.25, -0.2) is 0 Å². The van der Waals surface area contributed by atoms with Gasteiger partial charge in [0.25, 0.3) is 0 Å². The molecule has 0 spiro atoms. The highest BCUT2D eigenvalue weighted by atomic mass is 35.5. The normalized spacial score (nSPS) is 12.4. The average Bonchev–Trinajstić information content (AvgIpc) is 2.63. The van der Waals surface area contributed by atoms with Gasteiger partial charge in [0, 0.05) is 17.8 Å². The summed E-state index contributed by atoms with van der Waals surface area (Å²) < 4.78 is 0. The molecule has 0 aliphatic rings. The van der Waals surface area contributed by atoms with Crippen molar-refractivity contribution in [1.82, 2.24) is 4.98 Å². The quantitative estimate of drug-likeness (QED) is 0.786. The molecule has 0 unspecified atom stereocenters. The topological polar surface area (TPSA) is 41.8 Å². The Morgan fingerprint density at radius 3 is 2.86 bits per heavy atom. The Kier molecular flexibility index (Phi) is 3.55. The first-order valence-corrected chi connectivity index (χ1v) is 4.64. The summed E-state index contributed by atoms with van der Waals surface area (Å²) in [5.74, 6) is 0. The van der Waals surface area contributed by atoms with Gasteiger partial charge < -0.3 is 10.7 Å². The van der Waals surface area contributed by atoms with E-state index in [2.05, 4.69) is 36.2 Å². The van der Waals surface area contributed by atoms with Gasteiger partial charge in [-0.05, 0) is 35.6 Å². The molecule has 0 saturated heterocycles. The van der Waals surface area contributed by atoms with E-state index in [0.29, 0.717) is 0 Å². The molecule has 14 heavy (non-hydrogen) atoms. The molecule has 0 fully saturated rings. The third-order valence-electron chi connectivity index (χ3n) is 2.45. The number of rotatable bonds is 2. The van der Waals surface area contributed by atoms with Crippen LogP contribution in [0.25, 0.3) is 10.9 Å². The summed E-state index contributed by atoms with van der Waals surface area (Å²) in [5.41, 5.74) is 8.33. The van der Waals surface area contributed by atoms with Gasteiger partial charge in [0.2, 0.25) is 0 Å². The fourth-order valence-electron chi connectivity index (χ4n) is 1.54. The van der Waals surface area contributed by atoms with Gasteiger partial charge in [0.05, 0.1) is 0 Å². The van der Waals surface area contributed by atoms with Crippen molar-refractivity contribution in [3.63, 3.8) is 0 Å². The molecule has 0 radical (unpaired) electrons. The van der Waals surface area contributed by atoms with Crippen LogP contribution >= 0.6 is 12.4 Å². The molecule has 1 aromatic heterocycles. The van der Waals surface area contributed by atoms with Crippen molar-refractivity contribution in [3.8, 4) is 0 Å². The molecule has 1 atom stereocenters. The highest BCUT2D eigenvalue weighted by Gasteiger charge is 2.03. The van der Waals surface area contributed by atoms with E-state index in [4.69, 9.17) is 5.73 Å².